The van der Waals surface area contributed by atoms with Crippen LogP contribution in [0.4, 0.5) is 27.3 Å². The van der Waals surface area contributed by atoms with Gasteiger partial charge < -0.3 is 20.4 Å². The first-order valence-electron chi connectivity index (χ1n) is 22.5. The average Bonchev–Trinajstić information content (AvgIpc) is 3.59. The SMILES string of the molecule is CNc1cc(N2CCc3c(-c4cc(N5CCN(C6CCC(c7ccc8c(c7)n(C)c(=O)n8C7CCC(=O)NC7=O)CC6)CC5)ccn4)cccc32)nn2c(C(=O)NC3CC3F)cnc12. The van der Waals surface area contributed by atoms with Crippen molar-refractivity contribution in [1.29, 1.82) is 0 Å². The van der Waals surface area contributed by atoms with Crippen LogP contribution in [-0.2, 0) is 23.1 Å². The number of hydrogen-bond acceptors (Lipinski definition) is 11. The molecule has 4 fully saturated rings. The molecule has 0 bridgehead atoms. The van der Waals surface area contributed by atoms with Gasteiger partial charge in [0.1, 0.15) is 12.2 Å². The number of carbonyl (C=O) groups is 3. The van der Waals surface area contributed by atoms with Crippen LogP contribution in [0.25, 0.3) is 27.9 Å². The Bertz CT molecular complexity index is 2910. The van der Waals surface area contributed by atoms with Crippen LogP contribution in [0, 0.1) is 0 Å². The molecular weight excluding hydrogens is 816 g/mol. The Morgan fingerprint density at radius 3 is 2.47 bits per heavy atom. The van der Waals surface area contributed by atoms with Crippen molar-refractivity contribution in [2.24, 2.45) is 7.05 Å². The third-order valence-electron chi connectivity index (χ3n) is 14.3. The van der Waals surface area contributed by atoms with Crippen LogP contribution in [0.15, 0.2) is 71.8 Å². The summed E-state index contributed by atoms with van der Waals surface area (Å²) < 4.78 is 18.3. The maximum absolute atomic E-state index is 13.6. The molecule has 330 valence electrons. The van der Waals surface area contributed by atoms with Crippen LogP contribution in [0.5, 0.6) is 0 Å². The van der Waals surface area contributed by atoms with E-state index in [1.807, 2.05) is 25.4 Å². The highest BCUT2D eigenvalue weighted by Crippen LogP contribution is 2.41. The van der Waals surface area contributed by atoms with Crippen molar-refractivity contribution in [3.63, 3.8) is 0 Å². The van der Waals surface area contributed by atoms with E-state index in [9.17, 15) is 23.6 Å². The number of benzene rings is 2. The molecule has 3 atom stereocenters. The molecule has 16 nitrogen and oxygen atoms in total. The van der Waals surface area contributed by atoms with E-state index in [-0.39, 0.29) is 23.7 Å². The summed E-state index contributed by atoms with van der Waals surface area (Å²) in [6.45, 7) is 4.56. The largest absolute Gasteiger partial charge is 0.385 e. The second-order valence-corrected chi connectivity index (χ2v) is 17.9. The lowest BCUT2D eigenvalue weighted by Gasteiger charge is -2.42. The summed E-state index contributed by atoms with van der Waals surface area (Å²) in [4.78, 5) is 67.5. The normalized spacial score (nSPS) is 23.7. The number of imidazole rings is 2. The highest BCUT2D eigenvalue weighted by atomic mass is 19.1. The van der Waals surface area contributed by atoms with E-state index >= 15 is 0 Å². The number of piperidine rings is 1. The number of hydrogen-bond donors (Lipinski definition) is 3. The summed E-state index contributed by atoms with van der Waals surface area (Å²) >= 11 is 0. The van der Waals surface area contributed by atoms with Crippen molar-refractivity contribution < 1.29 is 18.8 Å². The van der Waals surface area contributed by atoms with E-state index in [0.29, 0.717) is 42.8 Å². The predicted octanol–water partition coefficient (Wildman–Crippen LogP) is 4.85. The number of anilines is 4. The smallest absolute Gasteiger partial charge is 0.329 e. The van der Waals surface area contributed by atoms with Gasteiger partial charge in [0.15, 0.2) is 17.2 Å². The summed E-state index contributed by atoms with van der Waals surface area (Å²) in [6.07, 6.45) is 8.47. The fourth-order valence-corrected chi connectivity index (χ4v) is 10.6. The van der Waals surface area contributed by atoms with E-state index in [2.05, 4.69) is 78.1 Å². The van der Waals surface area contributed by atoms with Gasteiger partial charge >= 0.3 is 5.69 Å². The number of imide groups is 1. The van der Waals surface area contributed by atoms with Gasteiger partial charge in [0.25, 0.3) is 5.91 Å². The lowest BCUT2D eigenvalue weighted by Crippen LogP contribution is -2.51. The van der Waals surface area contributed by atoms with E-state index in [1.165, 1.54) is 23.0 Å². The number of pyridine rings is 1. The quantitative estimate of drug-likeness (QED) is 0.170. The molecule has 64 heavy (non-hydrogen) atoms. The van der Waals surface area contributed by atoms with Crippen LogP contribution < -0.4 is 31.4 Å². The molecule has 3 unspecified atom stereocenters. The molecule has 11 rings (SSSR count). The Morgan fingerprint density at radius 2 is 1.70 bits per heavy atom. The number of carbonyl (C=O) groups excluding carboxylic acids is 3. The van der Waals surface area contributed by atoms with Crippen molar-refractivity contribution in [1.82, 2.24) is 44.2 Å². The molecule has 3 N–H and O–H groups in total. The number of aromatic nitrogens is 6. The first kappa shape index (κ1) is 40.2. The highest BCUT2D eigenvalue weighted by Gasteiger charge is 2.40. The second kappa shape index (κ2) is 15.9. The molecule has 6 aromatic rings. The van der Waals surface area contributed by atoms with Gasteiger partial charge in [-0.3, -0.25) is 38.7 Å². The molecular formula is C47H51FN12O4. The molecule has 5 aliphatic rings. The maximum atomic E-state index is 13.6. The minimum absolute atomic E-state index is 0.222. The van der Waals surface area contributed by atoms with Crippen LogP contribution >= 0.6 is 0 Å². The predicted molar refractivity (Wildman–Crippen MR) is 241 cm³/mol. The summed E-state index contributed by atoms with van der Waals surface area (Å²) in [6, 6.07) is 18.2. The maximum Gasteiger partial charge on any atom is 0.329 e. The lowest BCUT2D eigenvalue weighted by atomic mass is 9.81. The Hall–Kier alpha value is -6.62. The molecule has 4 aromatic heterocycles. The summed E-state index contributed by atoms with van der Waals surface area (Å²) in [5, 5.41) is 13.2. The number of amides is 3. The summed E-state index contributed by atoms with van der Waals surface area (Å²) in [7, 11) is 3.57. The molecule has 0 spiro atoms. The number of aryl methyl sites for hydroxylation is 1. The van der Waals surface area contributed by atoms with Gasteiger partial charge in [-0.15, -0.1) is 5.10 Å². The molecule has 2 saturated heterocycles. The van der Waals surface area contributed by atoms with Crippen LogP contribution in [-0.4, -0.2) is 109 Å². The zero-order valence-corrected chi connectivity index (χ0v) is 36.0. The number of halogens is 1. The van der Waals surface area contributed by atoms with Gasteiger partial charge in [-0.2, -0.15) is 0 Å². The fraction of sp³-hybridized carbons (Fsp3) is 0.426. The Balaban J connectivity index is 0.744. The van der Waals surface area contributed by atoms with Crippen molar-refractivity contribution in [3.8, 4) is 11.3 Å². The third kappa shape index (κ3) is 6.96. The summed E-state index contributed by atoms with van der Waals surface area (Å²) in [5.74, 6) is -0.0191. The van der Waals surface area contributed by atoms with Gasteiger partial charge in [-0.1, -0.05) is 18.2 Å². The van der Waals surface area contributed by atoms with Crippen molar-refractivity contribution in [2.45, 2.75) is 81.6 Å². The molecule has 3 amide bonds. The topological polar surface area (TPSA) is 167 Å². The zero-order valence-electron chi connectivity index (χ0n) is 36.0. The number of rotatable bonds is 9. The minimum Gasteiger partial charge on any atom is -0.385 e. The van der Waals surface area contributed by atoms with Gasteiger partial charge in [-0.05, 0) is 85.9 Å². The van der Waals surface area contributed by atoms with Gasteiger partial charge in [-0.25, -0.2) is 18.7 Å². The number of nitrogens with one attached hydrogen (secondary N) is 3. The van der Waals surface area contributed by atoms with Crippen molar-refractivity contribution in [2.75, 3.05) is 54.9 Å². The first-order chi connectivity index (χ1) is 31.1. The zero-order chi connectivity index (χ0) is 43.8. The van der Waals surface area contributed by atoms with E-state index in [0.717, 1.165) is 91.9 Å². The molecule has 0 radical (unpaired) electrons. The van der Waals surface area contributed by atoms with Gasteiger partial charge in [0.05, 0.1) is 34.7 Å². The van der Waals surface area contributed by atoms with Crippen LogP contribution in [0.3, 0.4) is 0 Å². The fourth-order valence-electron chi connectivity index (χ4n) is 10.6. The van der Waals surface area contributed by atoms with Gasteiger partial charge in [0.2, 0.25) is 11.8 Å². The monoisotopic (exact) mass is 866 g/mol. The highest BCUT2D eigenvalue weighted by molar-refractivity contribution is 6.00. The molecule has 2 aromatic carbocycles. The molecule has 17 heteroatoms. The van der Waals surface area contributed by atoms with E-state index in [4.69, 9.17) is 10.1 Å². The van der Waals surface area contributed by atoms with E-state index in [1.54, 1.807) is 20.7 Å². The van der Waals surface area contributed by atoms with Crippen LogP contribution in [0.2, 0.25) is 0 Å². The Labute approximate surface area is 368 Å². The molecule has 3 aliphatic heterocycles. The van der Waals surface area contributed by atoms with Crippen LogP contribution in [0.1, 0.15) is 78.5 Å². The number of nitrogens with zero attached hydrogens (tertiary/aromatic N) is 9. The lowest BCUT2D eigenvalue weighted by molar-refractivity contribution is -0.135. The van der Waals surface area contributed by atoms with E-state index < -0.39 is 30.1 Å². The molecule has 7 heterocycles. The minimum atomic E-state index is -1.01. The number of piperazine rings is 1. The van der Waals surface area contributed by atoms with Gasteiger partial charge in [0, 0.05) is 94.9 Å². The number of alkyl halides is 1. The van der Waals surface area contributed by atoms with Crippen molar-refractivity contribution >= 4 is 57.3 Å². The Morgan fingerprint density at radius 1 is 0.891 bits per heavy atom. The average molecular weight is 867 g/mol. The standard InChI is InChI=1S/C47H51FN12O4/c1-49-36-25-42(54-60-41(26-51-44(36)60)46(63)52-35-24-33(35)48)58-17-15-32-31(4-3-5-37(32)58)34-23-30(14-16-50-34)57-20-18-56(19-21-57)29-9-6-27(7-10-29)28-8-11-38-40(22-28)55(2)47(64)59(38)39-12-13-43(61)53-45(39)62/h3-5,8,11,14,16,22-23,25-27,29,33,35,39,49H,6-7,9-10,12-13,15,17-21,24H2,1-2H3,(H,52,63)(H,53,61,62). The third-order valence-corrected chi connectivity index (χ3v) is 14.3. The number of fused-ring (bicyclic) bond motifs is 3. The second-order valence-electron chi connectivity index (χ2n) is 17.9. The molecule has 2 aliphatic carbocycles. The van der Waals surface area contributed by atoms with Crippen molar-refractivity contribution in [3.05, 3.63) is 94.3 Å². The molecule has 2 saturated carbocycles. The summed E-state index contributed by atoms with van der Waals surface area (Å²) in [5.41, 5.74) is 9.49. The Kier molecular flexibility index (Phi) is 9.96. The first-order valence-corrected chi connectivity index (χ1v) is 22.5.